The minimum atomic E-state index is 0.357. The first-order chi connectivity index (χ1) is 10.9. The number of rotatable bonds is 3. The Balaban J connectivity index is 1.62. The Bertz CT molecular complexity index is 753. The molecule has 0 N–H and O–H groups in total. The largest absolute Gasteiger partial charge is 0.290 e. The number of likely N-dealkylation sites (tertiary alicyclic amines) is 1. The highest BCUT2D eigenvalue weighted by molar-refractivity contribution is 5.45. The number of hydrogen-bond donors (Lipinski definition) is 0. The van der Waals surface area contributed by atoms with Gasteiger partial charge in [-0.2, -0.15) is 5.10 Å². The molecule has 1 aliphatic heterocycles. The molecule has 112 valence electrons. The van der Waals surface area contributed by atoms with E-state index in [4.69, 9.17) is 0 Å². The average Bonchev–Trinajstić information content (AvgIpc) is 2.99. The normalized spacial score (nSPS) is 19.5. The van der Waals surface area contributed by atoms with Crippen molar-refractivity contribution in [2.45, 2.75) is 31.8 Å². The molecule has 1 aliphatic rings. The molecular formula is C16H18N6. The smallest absolute Gasteiger partial charge is 0.159 e. The number of aromatic nitrogens is 5. The van der Waals surface area contributed by atoms with Crippen molar-refractivity contribution in [3.8, 4) is 0 Å². The Hall–Kier alpha value is -2.34. The predicted octanol–water partition coefficient (Wildman–Crippen LogP) is 2.25. The minimum Gasteiger partial charge on any atom is -0.290 e. The van der Waals surface area contributed by atoms with Crippen LogP contribution in [0.2, 0.25) is 0 Å². The molecule has 6 nitrogen and oxygen atoms in total. The van der Waals surface area contributed by atoms with E-state index in [0.29, 0.717) is 6.04 Å². The van der Waals surface area contributed by atoms with Crippen molar-refractivity contribution >= 4 is 5.65 Å². The molecule has 0 spiro atoms. The van der Waals surface area contributed by atoms with Crippen molar-refractivity contribution < 1.29 is 0 Å². The van der Waals surface area contributed by atoms with Crippen LogP contribution in [0.1, 0.15) is 36.6 Å². The summed E-state index contributed by atoms with van der Waals surface area (Å²) in [4.78, 5) is 15.4. The second-order valence-corrected chi connectivity index (χ2v) is 5.67. The topological polar surface area (TPSA) is 59.2 Å². The average molecular weight is 294 g/mol. The molecule has 0 bridgehead atoms. The molecule has 0 aromatic carbocycles. The second kappa shape index (κ2) is 5.81. The van der Waals surface area contributed by atoms with Crippen LogP contribution in [0.3, 0.4) is 0 Å². The highest BCUT2D eigenvalue weighted by Gasteiger charge is 2.25. The Morgan fingerprint density at radius 2 is 2.18 bits per heavy atom. The van der Waals surface area contributed by atoms with Crippen molar-refractivity contribution in [1.82, 2.24) is 29.5 Å². The fourth-order valence-electron chi connectivity index (χ4n) is 3.22. The van der Waals surface area contributed by atoms with Gasteiger partial charge in [-0.3, -0.25) is 4.90 Å². The van der Waals surface area contributed by atoms with Gasteiger partial charge in [-0.05, 0) is 31.5 Å². The van der Waals surface area contributed by atoms with Crippen LogP contribution in [-0.4, -0.2) is 36.0 Å². The Morgan fingerprint density at radius 3 is 3.09 bits per heavy atom. The summed E-state index contributed by atoms with van der Waals surface area (Å²) in [5, 5.41) is 4.38. The van der Waals surface area contributed by atoms with Gasteiger partial charge in [-0.25, -0.2) is 19.5 Å². The van der Waals surface area contributed by atoms with Crippen molar-refractivity contribution in [2.75, 3.05) is 6.54 Å². The number of piperidine rings is 1. The third-order valence-corrected chi connectivity index (χ3v) is 4.29. The van der Waals surface area contributed by atoms with Gasteiger partial charge in [0.15, 0.2) is 5.65 Å². The lowest BCUT2D eigenvalue weighted by Gasteiger charge is -2.34. The predicted molar refractivity (Wildman–Crippen MR) is 82.0 cm³/mol. The summed E-state index contributed by atoms with van der Waals surface area (Å²) in [5.74, 6) is 0. The van der Waals surface area contributed by atoms with Gasteiger partial charge < -0.3 is 0 Å². The van der Waals surface area contributed by atoms with Crippen molar-refractivity contribution in [1.29, 1.82) is 0 Å². The summed E-state index contributed by atoms with van der Waals surface area (Å²) in [6.07, 6.45) is 12.8. The lowest BCUT2D eigenvalue weighted by Crippen LogP contribution is -2.33. The van der Waals surface area contributed by atoms with E-state index >= 15 is 0 Å². The molecule has 0 radical (unpaired) electrons. The summed E-state index contributed by atoms with van der Waals surface area (Å²) in [6, 6.07) is 4.28. The molecule has 0 unspecified atom stereocenters. The van der Waals surface area contributed by atoms with Crippen LogP contribution in [0.25, 0.3) is 5.65 Å². The zero-order valence-electron chi connectivity index (χ0n) is 12.3. The van der Waals surface area contributed by atoms with E-state index in [-0.39, 0.29) is 0 Å². The summed E-state index contributed by atoms with van der Waals surface area (Å²) in [5.41, 5.74) is 3.22. The highest BCUT2D eigenvalue weighted by Crippen LogP contribution is 2.31. The molecule has 4 heterocycles. The lowest BCUT2D eigenvalue weighted by atomic mass is 9.98. The number of nitrogens with zero attached hydrogens (tertiary/aromatic N) is 6. The maximum absolute atomic E-state index is 4.46. The van der Waals surface area contributed by atoms with Crippen LogP contribution < -0.4 is 0 Å². The van der Waals surface area contributed by atoms with Gasteiger partial charge in [-0.1, -0.05) is 6.42 Å². The molecule has 1 atom stereocenters. The molecule has 22 heavy (non-hydrogen) atoms. The van der Waals surface area contributed by atoms with Crippen LogP contribution in [0.4, 0.5) is 0 Å². The van der Waals surface area contributed by atoms with Gasteiger partial charge in [-0.15, -0.1) is 0 Å². The van der Waals surface area contributed by atoms with E-state index in [1.165, 1.54) is 18.4 Å². The summed E-state index contributed by atoms with van der Waals surface area (Å²) in [7, 11) is 0. The highest BCUT2D eigenvalue weighted by atomic mass is 15.2. The Labute approximate surface area is 128 Å². The fraction of sp³-hybridized carbons (Fsp3) is 0.375. The fourth-order valence-corrected chi connectivity index (χ4v) is 3.22. The lowest BCUT2D eigenvalue weighted by molar-refractivity contribution is 0.137. The van der Waals surface area contributed by atoms with Gasteiger partial charge >= 0.3 is 0 Å². The number of hydrogen-bond acceptors (Lipinski definition) is 5. The monoisotopic (exact) mass is 294 g/mol. The SMILES string of the molecule is c1cnc2c(CN3CCCC[C@@H]3c3ccncn3)cnn2c1. The van der Waals surface area contributed by atoms with Crippen LogP contribution in [-0.2, 0) is 6.54 Å². The summed E-state index contributed by atoms with van der Waals surface area (Å²) < 4.78 is 1.83. The van der Waals surface area contributed by atoms with E-state index in [1.807, 2.05) is 41.4 Å². The van der Waals surface area contributed by atoms with Gasteiger partial charge in [0.25, 0.3) is 0 Å². The standard InChI is InChI=1S/C16H18N6/c1-2-8-21(15(4-1)14-5-7-17-12-19-14)11-13-10-20-22-9-3-6-18-16(13)22/h3,5-7,9-10,12,15H,1-2,4,8,11H2/t15-/m1/s1. The van der Waals surface area contributed by atoms with Crippen molar-refractivity contribution in [2.24, 2.45) is 0 Å². The van der Waals surface area contributed by atoms with Crippen molar-refractivity contribution in [3.05, 3.63) is 54.5 Å². The van der Waals surface area contributed by atoms with Crippen LogP contribution >= 0.6 is 0 Å². The first kappa shape index (κ1) is 13.3. The first-order valence-corrected chi connectivity index (χ1v) is 7.69. The third kappa shape index (κ3) is 2.46. The second-order valence-electron chi connectivity index (χ2n) is 5.67. The number of fused-ring (bicyclic) bond motifs is 1. The van der Waals surface area contributed by atoms with E-state index in [9.17, 15) is 0 Å². The molecule has 0 aliphatic carbocycles. The maximum atomic E-state index is 4.46. The molecule has 4 rings (SSSR count). The summed E-state index contributed by atoms with van der Waals surface area (Å²) in [6.45, 7) is 1.94. The quantitative estimate of drug-likeness (QED) is 0.741. The molecular weight excluding hydrogens is 276 g/mol. The van der Waals surface area contributed by atoms with Gasteiger partial charge in [0.1, 0.15) is 6.33 Å². The molecule has 6 heteroatoms. The van der Waals surface area contributed by atoms with E-state index in [0.717, 1.165) is 30.9 Å². The van der Waals surface area contributed by atoms with E-state index in [1.54, 1.807) is 6.33 Å². The summed E-state index contributed by atoms with van der Waals surface area (Å²) >= 11 is 0. The Kier molecular flexibility index (Phi) is 3.52. The molecule has 1 fully saturated rings. The van der Waals surface area contributed by atoms with E-state index in [2.05, 4.69) is 25.0 Å². The zero-order valence-corrected chi connectivity index (χ0v) is 12.3. The molecule has 3 aromatic rings. The van der Waals surface area contributed by atoms with Crippen LogP contribution in [0, 0.1) is 0 Å². The maximum Gasteiger partial charge on any atom is 0.159 e. The van der Waals surface area contributed by atoms with Gasteiger partial charge in [0.05, 0.1) is 17.9 Å². The molecule has 3 aromatic heterocycles. The van der Waals surface area contributed by atoms with Crippen molar-refractivity contribution in [3.63, 3.8) is 0 Å². The van der Waals surface area contributed by atoms with Gasteiger partial charge in [0, 0.05) is 30.7 Å². The molecule has 0 amide bonds. The molecule has 0 saturated carbocycles. The van der Waals surface area contributed by atoms with E-state index < -0.39 is 0 Å². The third-order valence-electron chi connectivity index (χ3n) is 4.29. The van der Waals surface area contributed by atoms with Crippen LogP contribution in [0.5, 0.6) is 0 Å². The first-order valence-electron chi connectivity index (χ1n) is 7.69. The Morgan fingerprint density at radius 1 is 1.18 bits per heavy atom. The zero-order chi connectivity index (χ0) is 14.8. The molecule has 1 saturated heterocycles. The van der Waals surface area contributed by atoms with Crippen LogP contribution in [0.15, 0.2) is 43.2 Å². The van der Waals surface area contributed by atoms with Gasteiger partial charge in [0.2, 0.25) is 0 Å². The minimum absolute atomic E-state index is 0.357.